The second-order valence-electron chi connectivity index (χ2n) is 6.19. The van der Waals surface area contributed by atoms with Gasteiger partial charge in [0.2, 0.25) is 0 Å². The van der Waals surface area contributed by atoms with Gasteiger partial charge in [-0.2, -0.15) is 0 Å². The lowest BCUT2D eigenvalue weighted by Crippen LogP contribution is -2.65. The van der Waals surface area contributed by atoms with Crippen LogP contribution in [0.15, 0.2) is 4.99 Å². The fourth-order valence-corrected chi connectivity index (χ4v) is 3.09. The van der Waals surface area contributed by atoms with Crippen LogP contribution in [-0.4, -0.2) is 63.9 Å². The summed E-state index contributed by atoms with van der Waals surface area (Å²) in [7, 11) is 0. The number of urea groups is 1. The summed E-state index contributed by atoms with van der Waals surface area (Å²) in [6.45, 7) is 5.27. The molecule has 0 saturated carbocycles. The van der Waals surface area contributed by atoms with Crippen LogP contribution >= 0.6 is 0 Å². The van der Waals surface area contributed by atoms with E-state index in [2.05, 4.69) is 17.2 Å². The van der Waals surface area contributed by atoms with E-state index in [0.29, 0.717) is 18.9 Å². The first-order valence-corrected chi connectivity index (χ1v) is 8.66. The molecule has 134 valence electrons. The quantitative estimate of drug-likeness (QED) is 0.662. The summed E-state index contributed by atoms with van der Waals surface area (Å²) in [6.07, 6.45) is 3.30. The summed E-state index contributed by atoms with van der Waals surface area (Å²) in [5.41, 5.74) is 0. The van der Waals surface area contributed by atoms with Crippen LogP contribution in [0.4, 0.5) is 4.79 Å². The number of rotatable bonds is 9. The van der Waals surface area contributed by atoms with Gasteiger partial charge in [-0.15, -0.1) is 0 Å². The predicted molar refractivity (Wildman–Crippen MR) is 88.6 cm³/mol. The minimum absolute atomic E-state index is 0.0363. The first-order valence-electron chi connectivity index (χ1n) is 8.66. The van der Waals surface area contributed by atoms with Gasteiger partial charge in [0, 0.05) is 19.5 Å². The van der Waals surface area contributed by atoms with E-state index in [9.17, 15) is 14.4 Å². The SMILES string of the molecule is CCCCN1C(=O)NC(=O)C2C1N=C(CCC(=O)O)N2CCCC. The van der Waals surface area contributed by atoms with E-state index in [0.717, 1.165) is 25.7 Å². The highest BCUT2D eigenvalue weighted by Gasteiger charge is 2.48. The molecule has 2 N–H and O–H groups in total. The fraction of sp³-hybridized carbons (Fsp3) is 0.750. The van der Waals surface area contributed by atoms with Crippen LogP contribution in [0.25, 0.3) is 0 Å². The maximum Gasteiger partial charge on any atom is 0.325 e. The molecule has 2 heterocycles. The van der Waals surface area contributed by atoms with Gasteiger partial charge in [-0.05, 0) is 12.8 Å². The van der Waals surface area contributed by atoms with E-state index < -0.39 is 24.2 Å². The predicted octanol–water partition coefficient (Wildman–Crippen LogP) is 1.41. The average molecular weight is 338 g/mol. The number of aliphatic carboxylic acids is 1. The molecule has 0 spiro atoms. The van der Waals surface area contributed by atoms with Crippen LogP contribution in [0.1, 0.15) is 52.4 Å². The zero-order chi connectivity index (χ0) is 17.7. The number of amides is 3. The monoisotopic (exact) mass is 338 g/mol. The van der Waals surface area contributed by atoms with E-state index in [1.54, 1.807) is 4.90 Å². The average Bonchev–Trinajstić information content (AvgIpc) is 2.89. The largest absolute Gasteiger partial charge is 0.481 e. The number of nitrogens with one attached hydrogen (secondary N) is 1. The summed E-state index contributed by atoms with van der Waals surface area (Å²) in [6, 6.07) is -0.955. The third-order valence-electron chi connectivity index (χ3n) is 4.38. The molecule has 0 aromatic rings. The Bertz CT molecular complexity index is 534. The van der Waals surface area contributed by atoms with Gasteiger partial charge in [0.1, 0.15) is 5.84 Å². The minimum Gasteiger partial charge on any atom is -0.481 e. The third-order valence-corrected chi connectivity index (χ3v) is 4.38. The Morgan fingerprint density at radius 1 is 1.17 bits per heavy atom. The molecule has 0 aromatic carbocycles. The number of amidine groups is 1. The Kier molecular flexibility index (Phi) is 6.16. The van der Waals surface area contributed by atoms with Crippen LogP contribution < -0.4 is 5.32 Å². The fourth-order valence-electron chi connectivity index (χ4n) is 3.09. The smallest absolute Gasteiger partial charge is 0.325 e. The van der Waals surface area contributed by atoms with Crippen LogP contribution in [-0.2, 0) is 9.59 Å². The van der Waals surface area contributed by atoms with Gasteiger partial charge < -0.3 is 10.0 Å². The molecule has 0 radical (unpaired) electrons. The van der Waals surface area contributed by atoms with Gasteiger partial charge in [-0.25, -0.2) is 9.79 Å². The van der Waals surface area contributed by atoms with Crippen molar-refractivity contribution >= 4 is 23.7 Å². The van der Waals surface area contributed by atoms with E-state index in [-0.39, 0.29) is 18.7 Å². The molecule has 2 aliphatic rings. The van der Waals surface area contributed by atoms with Crippen molar-refractivity contribution in [3.05, 3.63) is 0 Å². The van der Waals surface area contributed by atoms with Crippen LogP contribution in [0.5, 0.6) is 0 Å². The van der Waals surface area contributed by atoms with E-state index in [1.807, 2.05) is 11.8 Å². The molecule has 8 nitrogen and oxygen atoms in total. The van der Waals surface area contributed by atoms with Crippen LogP contribution in [0.2, 0.25) is 0 Å². The van der Waals surface area contributed by atoms with Gasteiger partial charge in [0.15, 0.2) is 12.2 Å². The van der Waals surface area contributed by atoms with Crippen molar-refractivity contribution in [3.63, 3.8) is 0 Å². The summed E-state index contributed by atoms with van der Waals surface area (Å²) in [5, 5.41) is 11.4. The standard InChI is InChI=1S/C16H26N4O4/c1-3-5-9-19-11(7-8-12(21)22)17-14-13(19)15(23)18-16(24)20(14)10-6-4-2/h13-14H,3-10H2,1-2H3,(H,21,22)(H,18,23,24). The van der Waals surface area contributed by atoms with Gasteiger partial charge in [-0.1, -0.05) is 26.7 Å². The second kappa shape index (κ2) is 8.12. The molecule has 8 heteroatoms. The van der Waals surface area contributed by atoms with E-state index >= 15 is 0 Å². The number of carbonyl (C=O) groups excluding carboxylic acids is 2. The number of nitrogens with zero attached hydrogens (tertiary/aromatic N) is 3. The molecule has 3 amide bonds. The minimum atomic E-state index is -0.897. The molecular weight excluding hydrogens is 312 g/mol. The lowest BCUT2D eigenvalue weighted by Gasteiger charge is -2.38. The summed E-state index contributed by atoms with van der Waals surface area (Å²) in [4.78, 5) is 43.5. The maximum atomic E-state index is 12.4. The van der Waals surface area contributed by atoms with Gasteiger partial charge in [-0.3, -0.25) is 19.8 Å². The number of hydrogen-bond donors (Lipinski definition) is 2. The number of hydrogen-bond acceptors (Lipinski definition) is 5. The van der Waals surface area contributed by atoms with Crippen molar-refractivity contribution in [3.8, 4) is 0 Å². The van der Waals surface area contributed by atoms with Crippen molar-refractivity contribution in [2.75, 3.05) is 13.1 Å². The molecule has 2 aliphatic heterocycles. The van der Waals surface area contributed by atoms with Gasteiger partial charge in [0.25, 0.3) is 5.91 Å². The van der Waals surface area contributed by atoms with Crippen LogP contribution in [0, 0.1) is 0 Å². The first kappa shape index (κ1) is 18.2. The van der Waals surface area contributed by atoms with E-state index in [1.165, 1.54) is 0 Å². The van der Waals surface area contributed by atoms with E-state index in [4.69, 9.17) is 5.11 Å². The third kappa shape index (κ3) is 3.85. The van der Waals surface area contributed by atoms with Crippen LogP contribution in [0.3, 0.4) is 0 Å². The molecular formula is C16H26N4O4. The summed E-state index contributed by atoms with van der Waals surface area (Å²) >= 11 is 0. The Hall–Kier alpha value is -2.12. The van der Waals surface area contributed by atoms with Crippen molar-refractivity contribution in [1.82, 2.24) is 15.1 Å². The Morgan fingerprint density at radius 2 is 1.79 bits per heavy atom. The number of carbonyl (C=O) groups is 3. The van der Waals surface area contributed by atoms with Crippen molar-refractivity contribution in [2.24, 2.45) is 4.99 Å². The molecule has 1 saturated heterocycles. The lowest BCUT2D eigenvalue weighted by atomic mass is 10.1. The number of carboxylic acids is 1. The summed E-state index contributed by atoms with van der Waals surface area (Å²) < 4.78 is 0. The topological polar surface area (TPSA) is 102 Å². The molecule has 0 aliphatic carbocycles. The zero-order valence-corrected chi connectivity index (χ0v) is 14.3. The number of aliphatic imine (C=N–C) groups is 1. The molecule has 0 aromatic heterocycles. The van der Waals surface area contributed by atoms with Crippen molar-refractivity contribution < 1.29 is 19.5 Å². The Morgan fingerprint density at radius 3 is 2.38 bits per heavy atom. The second-order valence-corrected chi connectivity index (χ2v) is 6.19. The highest BCUT2D eigenvalue weighted by molar-refractivity contribution is 6.04. The lowest BCUT2D eigenvalue weighted by molar-refractivity contribution is -0.136. The zero-order valence-electron chi connectivity index (χ0n) is 14.3. The number of imide groups is 1. The normalized spacial score (nSPS) is 23.2. The molecule has 1 fully saturated rings. The number of fused-ring (bicyclic) bond motifs is 1. The number of carboxylic acid groups (broad SMARTS) is 1. The molecule has 2 rings (SSSR count). The highest BCUT2D eigenvalue weighted by Crippen LogP contribution is 2.27. The van der Waals surface area contributed by atoms with Gasteiger partial charge in [0.05, 0.1) is 6.42 Å². The molecule has 24 heavy (non-hydrogen) atoms. The Balaban J connectivity index is 2.24. The molecule has 0 bridgehead atoms. The maximum absolute atomic E-state index is 12.4. The van der Waals surface area contributed by atoms with Gasteiger partial charge >= 0.3 is 12.0 Å². The molecule has 2 unspecified atom stereocenters. The van der Waals surface area contributed by atoms with Crippen molar-refractivity contribution in [2.45, 2.75) is 64.6 Å². The first-order chi connectivity index (χ1) is 11.5. The highest BCUT2D eigenvalue weighted by atomic mass is 16.4. The number of unbranched alkanes of at least 4 members (excludes halogenated alkanes) is 2. The summed E-state index contributed by atoms with van der Waals surface area (Å²) in [5.74, 6) is -0.624. The van der Waals surface area contributed by atoms with Crippen molar-refractivity contribution in [1.29, 1.82) is 0 Å². The Labute approximate surface area is 141 Å². The molecule has 2 atom stereocenters.